The van der Waals surface area contributed by atoms with Crippen molar-refractivity contribution >= 4 is 32.8 Å². The molecule has 0 atom stereocenters. The van der Waals surface area contributed by atoms with E-state index in [0.29, 0.717) is 19.6 Å². The van der Waals surface area contributed by atoms with Gasteiger partial charge in [0.15, 0.2) is 0 Å². The third-order valence-electron chi connectivity index (χ3n) is 1.42. The number of halogens is 1. The van der Waals surface area contributed by atoms with Crippen molar-refractivity contribution in [2.24, 2.45) is 0 Å². The first-order chi connectivity index (χ1) is 5.58. The van der Waals surface area contributed by atoms with Crippen LogP contribution in [0.15, 0.2) is 0 Å². The highest BCUT2D eigenvalue weighted by Gasteiger charge is 2.16. The van der Waals surface area contributed by atoms with Crippen LogP contribution in [0.2, 0.25) is 0 Å². The van der Waals surface area contributed by atoms with Crippen LogP contribution in [-0.2, 0) is 10.2 Å². The molecule has 0 saturated heterocycles. The van der Waals surface area contributed by atoms with Crippen LogP contribution in [0.3, 0.4) is 0 Å². The first-order valence-corrected chi connectivity index (χ1v) is 6.85. The number of rotatable bonds is 6. The van der Waals surface area contributed by atoms with Crippen LogP contribution in [0, 0.1) is 0 Å². The number of alkyl halides is 1. The van der Waals surface area contributed by atoms with Crippen molar-refractivity contribution in [1.82, 2.24) is 9.03 Å². The third kappa shape index (κ3) is 4.01. The molecule has 0 saturated carbocycles. The van der Waals surface area contributed by atoms with E-state index in [4.69, 9.17) is 0 Å². The zero-order valence-corrected chi connectivity index (χ0v) is 10.4. The van der Waals surface area contributed by atoms with Crippen molar-refractivity contribution in [2.75, 3.05) is 24.1 Å². The molecule has 0 bridgehead atoms. The predicted octanol–water partition coefficient (Wildman–Crippen LogP) is 0.598. The molecule has 0 aliphatic heterocycles. The molecule has 1 N–H and O–H groups in total. The molecular formula is C6H15IN2O2S. The van der Waals surface area contributed by atoms with E-state index >= 15 is 0 Å². The van der Waals surface area contributed by atoms with Crippen LogP contribution < -0.4 is 4.72 Å². The largest absolute Gasteiger partial charge is 0.279 e. The zero-order chi connectivity index (χ0) is 9.61. The minimum absolute atomic E-state index is 0.499. The highest BCUT2D eigenvalue weighted by atomic mass is 127. The van der Waals surface area contributed by atoms with Gasteiger partial charge in [-0.2, -0.15) is 12.7 Å². The van der Waals surface area contributed by atoms with Gasteiger partial charge in [0.25, 0.3) is 10.2 Å². The Morgan fingerprint density at radius 1 is 1.33 bits per heavy atom. The molecule has 0 spiro atoms. The lowest BCUT2D eigenvalue weighted by molar-refractivity contribution is 0.436. The second kappa shape index (κ2) is 6.11. The smallest absolute Gasteiger partial charge is 0.201 e. The monoisotopic (exact) mass is 306 g/mol. The fraction of sp³-hybridized carbons (Fsp3) is 1.00. The maximum absolute atomic E-state index is 11.4. The molecule has 0 amide bonds. The van der Waals surface area contributed by atoms with E-state index < -0.39 is 10.2 Å². The van der Waals surface area contributed by atoms with E-state index in [1.165, 1.54) is 4.31 Å². The lowest BCUT2D eigenvalue weighted by Gasteiger charge is -2.18. The quantitative estimate of drug-likeness (QED) is 0.577. The molecule has 6 heteroatoms. The summed E-state index contributed by atoms with van der Waals surface area (Å²) < 4.78 is 27.4. The van der Waals surface area contributed by atoms with Crippen molar-refractivity contribution in [3.8, 4) is 0 Å². The third-order valence-corrected chi connectivity index (χ3v) is 3.73. The summed E-state index contributed by atoms with van der Waals surface area (Å²) in [7, 11) is -3.21. The first kappa shape index (κ1) is 12.6. The van der Waals surface area contributed by atoms with Gasteiger partial charge >= 0.3 is 0 Å². The van der Waals surface area contributed by atoms with Crippen LogP contribution in [0.4, 0.5) is 0 Å². The maximum atomic E-state index is 11.4. The second-order valence-corrected chi connectivity index (χ2v) is 5.01. The molecule has 12 heavy (non-hydrogen) atoms. The topological polar surface area (TPSA) is 49.4 Å². The molecule has 74 valence electrons. The van der Waals surface area contributed by atoms with Crippen LogP contribution >= 0.6 is 22.6 Å². The van der Waals surface area contributed by atoms with E-state index in [1.54, 1.807) is 0 Å². The molecule has 0 unspecified atom stereocenters. The summed E-state index contributed by atoms with van der Waals surface area (Å²) in [6.07, 6.45) is 0. The molecular weight excluding hydrogens is 291 g/mol. The summed E-state index contributed by atoms with van der Waals surface area (Å²) in [6.45, 7) is 5.19. The van der Waals surface area contributed by atoms with Gasteiger partial charge in [-0.3, -0.25) is 0 Å². The number of nitrogens with zero attached hydrogens (tertiary/aromatic N) is 1. The number of hydrogen-bond acceptors (Lipinski definition) is 2. The van der Waals surface area contributed by atoms with Crippen LogP contribution in [0.1, 0.15) is 13.8 Å². The zero-order valence-electron chi connectivity index (χ0n) is 7.38. The molecule has 0 aliphatic rings. The Bertz CT molecular complexity index is 202. The summed E-state index contributed by atoms with van der Waals surface area (Å²) in [5.74, 6) is 0. The summed E-state index contributed by atoms with van der Waals surface area (Å²) >= 11 is 2.13. The van der Waals surface area contributed by atoms with Gasteiger partial charge in [-0.05, 0) is 0 Å². The number of hydrogen-bond donors (Lipinski definition) is 1. The van der Waals surface area contributed by atoms with E-state index in [-0.39, 0.29) is 0 Å². The van der Waals surface area contributed by atoms with Gasteiger partial charge in [0.05, 0.1) is 0 Å². The molecule has 4 nitrogen and oxygen atoms in total. The molecule has 0 radical (unpaired) electrons. The Hall–Kier alpha value is 0.600. The molecule has 0 rings (SSSR count). The molecule has 0 fully saturated rings. The summed E-state index contributed by atoms with van der Waals surface area (Å²) in [6, 6.07) is 0. The van der Waals surface area contributed by atoms with Gasteiger partial charge in [0.1, 0.15) is 0 Å². The Morgan fingerprint density at radius 2 is 1.83 bits per heavy atom. The fourth-order valence-electron chi connectivity index (χ4n) is 0.822. The lowest BCUT2D eigenvalue weighted by atomic mass is 10.7. The maximum Gasteiger partial charge on any atom is 0.279 e. The highest BCUT2D eigenvalue weighted by molar-refractivity contribution is 14.1. The van der Waals surface area contributed by atoms with Crippen molar-refractivity contribution < 1.29 is 8.42 Å². The van der Waals surface area contributed by atoms with Gasteiger partial charge in [-0.25, -0.2) is 4.72 Å². The van der Waals surface area contributed by atoms with Crippen molar-refractivity contribution in [3.63, 3.8) is 0 Å². The Morgan fingerprint density at radius 3 is 2.17 bits per heavy atom. The van der Waals surface area contributed by atoms with Crippen LogP contribution in [0.25, 0.3) is 0 Å². The second-order valence-electron chi connectivity index (χ2n) is 2.17. The molecule has 0 aliphatic carbocycles. The standard InChI is InChI=1S/C6H15IN2O2S/c1-3-9(4-2)12(10,11)8-6-5-7/h8H,3-6H2,1-2H3. The van der Waals surface area contributed by atoms with Crippen LogP contribution in [-0.4, -0.2) is 36.8 Å². The minimum Gasteiger partial charge on any atom is -0.201 e. The average Bonchev–Trinajstić information content (AvgIpc) is 2.03. The molecule has 0 heterocycles. The average molecular weight is 306 g/mol. The first-order valence-electron chi connectivity index (χ1n) is 3.89. The van der Waals surface area contributed by atoms with E-state index in [2.05, 4.69) is 27.3 Å². The fourth-order valence-corrected chi connectivity index (χ4v) is 2.68. The van der Waals surface area contributed by atoms with Gasteiger partial charge < -0.3 is 0 Å². The summed E-state index contributed by atoms with van der Waals surface area (Å²) in [4.78, 5) is 0. The SMILES string of the molecule is CCN(CC)S(=O)(=O)NCCI. The minimum atomic E-state index is -3.21. The predicted molar refractivity (Wildman–Crippen MR) is 58.7 cm³/mol. The summed E-state index contributed by atoms with van der Waals surface area (Å²) in [5.41, 5.74) is 0. The van der Waals surface area contributed by atoms with Crippen LogP contribution in [0.5, 0.6) is 0 Å². The lowest BCUT2D eigenvalue weighted by Crippen LogP contribution is -2.41. The van der Waals surface area contributed by atoms with Crippen molar-refractivity contribution in [3.05, 3.63) is 0 Å². The van der Waals surface area contributed by atoms with Gasteiger partial charge in [-0.1, -0.05) is 36.4 Å². The Labute approximate surface area is 88.0 Å². The number of nitrogens with one attached hydrogen (secondary N) is 1. The van der Waals surface area contributed by atoms with Gasteiger partial charge in [0.2, 0.25) is 0 Å². The normalized spacial score (nSPS) is 12.3. The van der Waals surface area contributed by atoms with E-state index in [9.17, 15) is 8.42 Å². The van der Waals surface area contributed by atoms with E-state index in [1.807, 2.05) is 13.8 Å². The Balaban J connectivity index is 4.17. The molecule has 0 aromatic rings. The van der Waals surface area contributed by atoms with Crippen molar-refractivity contribution in [1.29, 1.82) is 0 Å². The Kier molecular flexibility index (Phi) is 6.42. The van der Waals surface area contributed by atoms with Gasteiger partial charge in [-0.15, -0.1) is 0 Å². The molecule has 0 aromatic heterocycles. The highest BCUT2D eigenvalue weighted by Crippen LogP contribution is 1.95. The van der Waals surface area contributed by atoms with E-state index in [0.717, 1.165) is 4.43 Å². The molecule has 0 aromatic carbocycles. The van der Waals surface area contributed by atoms with Gasteiger partial charge in [0, 0.05) is 24.1 Å². The summed E-state index contributed by atoms with van der Waals surface area (Å²) in [5, 5.41) is 0. The van der Waals surface area contributed by atoms with Crippen molar-refractivity contribution in [2.45, 2.75) is 13.8 Å².